The fraction of sp³-hybridized carbons (Fsp3) is 0.800. The highest BCUT2D eigenvalue weighted by Gasteiger charge is 2.37. The summed E-state index contributed by atoms with van der Waals surface area (Å²) in [5, 5.41) is 9.05. The molecule has 2 atom stereocenters. The van der Waals surface area contributed by atoms with Gasteiger partial charge in [-0.2, -0.15) is 11.8 Å². The van der Waals surface area contributed by atoms with Gasteiger partial charge in [-0.3, -0.25) is 0 Å². The van der Waals surface area contributed by atoms with E-state index in [1.54, 1.807) is 11.9 Å². The molecule has 0 bridgehead atoms. The Hall–Kier alpha value is -0.560. The SMILES string of the molecule is CN(C(=O)N1CSC[C@H]1C(=O)O)C1CCSC1. The van der Waals surface area contributed by atoms with Crippen LogP contribution in [0.4, 0.5) is 4.79 Å². The number of nitrogens with zero attached hydrogens (tertiary/aromatic N) is 2. The van der Waals surface area contributed by atoms with Crippen LogP contribution in [0, 0.1) is 0 Å². The molecule has 0 aliphatic carbocycles. The van der Waals surface area contributed by atoms with Crippen LogP contribution in [-0.4, -0.2) is 69.2 Å². The lowest BCUT2D eigenvalue weighted by atomic mass is 10.2. The zero-order valence-corrected chi connectivity index (χ0v) is 11.3. The average Bonchev–Trinajstić information content (AvgIpc) is 2.97. The standard InChI is InChI=1S/C10H16N2O3S2/c1-11(7-2-3-16-4-7)10(15)12-6-17-5-8(12)9(13)14/h7-8H,2-6H2,1H3,(H,13,14)/t7?,8-/m0/s1. The van der Waals surface area contributed by atoms with Crippen molar-refractivity contribution in [2.45, 2.75) is 18.5 Å². The minimum absolute atomic E-state index is 0.144. The quantitative estimate of drug-likeness (QED) is 0.815. The lowest BCUT2D eigenvalue weighted by Gasteiger charge is -2.30. The molecule has 2 aliphatic heterocycles. The van der Waals surface area contributed by atoms with E-state index in [4.69, 9.17) is 5.11 Å². The first-order chi connectivity index (χ1) is 8.11. The van der Waals surface area contributed by atoms with Crippen LogP contribution in [0.3, 0.4) is 0 Å². The van der Waals surface area contributed by atoms with Gasteiger partial charge < -0.3 is 14.9 Å². The molecule has 0 aromatic rings. The van der Waals surface area contributed by atoms with E-state index >= 15 is 0 Å². The summed E-state index contributed by atoms with van der Waals surface area (Å²) in [7, 11) is 1.78. The third kappa shape index (κ3) is 2.65. The summed E-state index contributed by atoms with van der Waals surface area (Å²) in [6.07, 6.45) is 1.01. The number of hydrogen-bond donors (Lipinski definition) is 1. The van der Waals surface area contributed by atoms with Crippen molar-refractivity contribution in [3.63, 3.8) is 0 Å². The maximum absolute atomic E-state index is 12.2. The van der Waals surface area contributed by atoms with Crippen molar-refractivity contribution < 1.29 is 14.7 Å². The number of thioether (sulfide) groups is 2. The van der Waals surface area contributed by atoms with Crippen molar-refractivity contribution in [1.82, 2.24) is 9.80 Å². The van der Waals surface area contributed by atoms with Crippen LogP contribution in [-0.2, 0) is 4.79 Å². The Morgan fingerprint density at radius 1 is 1.35 bits per heavy atom. The van der Waals surface area contributed by atoms with E-state index in [0.717, 1.165) is 17.9 Å². The number of carboxylic acids is 1. The van der Waals surface area contributed by atoms with E-state index in [9.17, 15) is 9.59 Å². The van der Waals surface area contributed by atoms with Gasteiger partial charge >= 0.3 is 12.0 Å². The van der Waals surface area contributed by atoms with E-state index in [-0.39, 0.29) is 12.1 Å². The van der Waals surface area contributed by atoms with Gasteiger partial charge in [-0.15, -0.1) is 11.8 Å². The minimum Gasteiger partial charge on any atom is -0.480 e. The summed E-state index contributed by atoms with van der Waals surface area (Å²) < 4.78 is 0. The molecule has 2 amide bonds. The van der Waals surface area contributed by atoms with Crippen LogP contribution in [0.2, 0.25) is 0 Å². The van der Waals surface area contributed by atoms with Crippen LogP contribution in [0.25, 0.3) is 0 Å². The van der Waals surface area contributed by atoms with Gasteiger partial charge in [-0.25, -0.2) is 9.59 Å². The van der Waals surface area contributed by atoms with Crippen LogP contribution < -0.4 is 0 Å². The van der Waals surface area contributed by atoms with Gasteiger partial charge in [-0.1, -0.05) is 0 Å². The van der Waals surface area contributed by atoms with Gasteiger partial charge in [0.15, 0.2) is 0 Å². The van der Waals surface area contributed by atoms with Gasteiger partial charge in [0.05, 0.1) is 5.88 Å². The van der Waals surface area contributed by atoms with Gasteiger partial charge in [0.2, 0.25) is 0 Å². The molecule has 0 radical (unpaired) electrons. The smallest absolute Gasteiger partial charge is 0.327 e. The second-order valence-electron chi connectivity index (χ2n) is 4.23. The molecule has 1 N–H and O–H groups in total. The molecule has 2 aliphatic rings. The van der Waals surface area contributed by atoms with E-state index < -0.39 is 12.0 Å². The van der Waals surface area contributed by atoms with Crippen molar-refractivity contribution in [1.29, 1.82) is 0 Å². The number of carbonyl (C=O) groups excluding carboxylic acids is 1. The highest BCUT2D eigenvalue weighted by molar-refractivity contribution is 7.99. The minimum atomic E-state index is -0.905. The number of hydrogen-bond acceptors (Lipinski definition) is 4. The molecule has 1 unspecified atom stereocenters. The maximum atomic E-state index is 12.2. The molecule has 0 saturated carbocycles. The Labute approximate surface area is 109 Å². The van der Waals surface area contributed by atoms with Crippen molar-refractivity contribution in [2.75, 3.05) is 30.2 Å². The predicted molar refractivity (Wildman–Crippen MR) is 69.5 cm³/mol. The molecule has 2 saturated heterocycles. The number of carboxylic acid groups (broad SMARTS) is 1. The lowest BCUT2D eigenvalue weighted by Crippen LogP contribution is -2.50. The molecular formula is C10H16N2O3S2. The zero-order chi connectivity index (χ0) is 12.4. The summed E-state index contributed by atoms with van der Waals surface area (Å²) in [6.45, 7) is 0. The average molecular weight is 276 g/mol. The highest BCUT2D eigenvalue weighted by Crippen LogP contribution is 2.26. The van der Waals surface area contributed by atoms with Crippen molar-refractivity contribution >= 4 is 35.5 Å². The normalized spacial score (nSPS) is 28.4. The highest BCUT2D eigenvalue weighted by atomic mass is 32.2. The molecule has 2 fully saturated rings. The molecule has 96 valence electrons. The lowest BCUT2D eigenvalue weighted by molar-refractivity contribution is -0.140. The van der Waals surface area contributed by atoms with Crippen molar-refractivity contribution in [3.05, 3.63) is 0 Å². The summed E-state index contributed by atoms with van der Waals surface area (Å²) in [5.74, 6) is 2.12. The van der Waals surface area contributed by atoms with Crippen LogP contribution in [0.1, 0.15) is 6.42 Å². The first kappa shape index (κ1) is 12.9. The largest absolute Gasteiger partial charge is 0.480 e. The third-order valence-electron chi connectivity index (χ3n) is 3.17. The first-order valence-corrected chi connectivity index (χ1v) is 7.84. The fourth-order valence-corrected chi connectivity index (χ4v) is 4.43. The van der Waals surface area contributed by atoms with Crippen LogP contribution >= 0.6 is 23.5 Å². The molecule has 0 aromatic heterocycles. The van der Waals surface area contributed by atoms with E-state index in [0.29, 0.717) is 11.6 Å². The summed E-state index contributed by atoms with van der Waals surface area (Å²) in [5.41, 5.74) is 0. The Morgan fingerprint density at radius 3 is 2.71 bits per heavy atom. The number of amides is 2. The molecule has 0 aromatic carbocycles. The maximum Gasteiger partial charge on any atom is 0.327 e. The number of carbonyl (C=O) groups is 2. The Morgan fingerprint density at radius 2 is 2.12 bits per heavy atom. The fourth-order valence-electron chi connectivity index (χ4n) is 2.02. The van der Waals surface area contributed by atoms with E-state index in [2.05, 4.69) is 0 Å². The van der Waals surface area contributed by atoms with Crippen LogP contribution in [0.15, 0.2) is 0 Å². The second-order valence-corrected chi connectivity index (χ2v) is 6.38. The number of rotatable bonds is 2. The molecule has 17 heavy (non-hydrogen) atoms. The summed E-state index contributed by atoms with van der Waals surface area (Å²) in [4.78, 5) is 26.4. The summed E-state index contributed by atoms with van der Waals surface area (Å²) in [6, 6.07) is -0.550. The summed E-state index contributed by atoms with van der Waals surface area (Å²) >= 11 is 3.34. The van der Waals surface area contributed by atoms with Gasteiger partial charge in [0, 0.05) is 24.6 Å². The zero-order valence-electron chi connectivity index (χ0n) is 9.66. The Balaban J connectivity index is 2.00. The van der Waals surface area contributed by atoms with Crippen molar-refractivity contribution in [3.8, 4) is 0 Å². The molecule has 7 heteroatoms. The van der Waals surface area contributed by atoms with Gasteiger partial charge in [-0.05, 0) is 12.2 Å². The molecule has 2 rings (SSSR count). The molecule has 2 heterocycles. The van der Waals surface area contributed by atoms with E-state index in [1.165, 1.54) is 16.7 Å². The molecular weight excluding hydrogens is 260 g/mol. The topological polar surface area (TPSA) is 60.9 Å². The number of urea groups is 1. The molecule has 0 spiro atoms. The first-order valence-electron chi connectivity index (χ1n) is 5.53. The van der Waals surface area contributed by atoms with Gasteiger partial charge in [0.25, 0.3) is 0 Å². The van der Waals surface area contributed by atoms with Crippen molar-refractivity contribution in [2.24, 2.45) is 0 Å². The van der Waals surface area contributed by atoms with Gasteiger partial charge in [0.1, 0.15) is 6.04 Å². The Kier molecular flexibility index (Phi) is 4.09. The van der Waals surface area contributed by atoms with E-state index in [1.807, 2.05) is 11.8 Å². The second kappa shape index (κ2) is 5.39. The molecule has 5 nitrogen and oxygen atoms in total. The Bertz CT molecular complexity index is 321. The van der Waals surface area contributed by atoms with Crippen LogP contribution in [0.5, 0.6) is 0 Å². The third-order valence-corrected chi connectivity index (χ3v) is 5.33. The predicted octanol–water partition coefficient (Wildman–Crippen LogP) is 1.00. The number of aliphatic carboxylic acids is 1. The monoisotopic (exact) mass is 276 g/mol.